The summed E-state index contributed by atoms with van der Waals surface area (Å²) in [5, 5.41) is 0. The summed E-state index contributed by atoms with van der Waals surface area (Å²) in [5.41, 5.74) is 6.62. The summed E-state index contributed by atoms with van der Waals surface area (Å²) in [6.45, 7) is 4.53. The van der Waals surface area contributed by atoms with Gasteiger partial charge in [0.1, 0.15) is 23.8 Å². The van der Waals surface area contributed by atoms with Crippen molar-refractivity contribution >= 4 is 40.7 Å². The Bertz CT molecular complexity index is 1210. The zero-order valence-electron chi connectivity index (χ0n) is 20.4. The van der Waals surface area contributed by atoms with E-state index in [1.807, 2.05) is 0 Å². The van der Waals surface area contributed by atoms with Crippen molar-refractivity contribution in [1.29, 1.82) is 0 Å². The lowest BCUT2D eigenvalue weighted by Gasteiger charge is -2.23. The molecule has 2 aliphatic heterocycles. The topological polar surface area (TPSA) is 141 Å². The summed E-state index contributed by atoms with van der Waals surface area (Å²) in [4.78, 5) is 36.8. The number of halogens is 1. The normalized spacial score (nSPS) is 22.9. The standard InChI is InChI=1S/C20H20FN5O5S.C4H8O/c1-10(27)29-16-14(7-32-13-5-3-12(21)4-6-13)31-20(17(16)30-11(2)28)26-9-25-15-18(22)23-8-24-19(15)26;1-2-4-5-3-1/h3-6,8-9,14,16-17,20H,7H2,1-2H3,(H2,22,23,24);1-4H2/t14?,16-,17-,20-;/m1./s1. The molecule has 3 aromatic rings. The Morgan fingerprint density at radius 1 is 1.08 bits per heavy atom. The van der Waals surface area contributed by atoms with Gasteiger partial charge in [-0.05, 0) is 37.1 Å². The van der Waals surface area contributed by atoms with Crippen molar-refractivity contribution in [2.24, 2.45) is 0 Å². The van der Waals surface area contributed by atoms with Gasteiger partial charge >= 0.3 is 11.9 Å². The quantitative estimate of drug-likeness (QED) is 0.369. The van der Waals surface area contributed by atoms with E-state index in [9.17, 15) is 14.0 Å². The maximum absolute atomic E-state index is 13.2. The van der Waals surface area contributed by atoms with Gasteiger partial charge in [0.15, 0.2) is 29.9 Å². The van der Waals surface area contributed by atoms with Crippen LogP contribution >= 0.6 is 11.8 Å². The van der Waals surface area contributed by atoms with E-state index in [2.05, 4.69) is 15.0 Å². The number of nitrogens with zero attached hydrogens (tertiary/aromatic N) is 4. The predicted molar refractivity (Wildman–Crippen MR) is 132 cm³/mol. The third-order valence-corrected chi connectivity index (χ3v) is 6.71. The average Bonchev–Trinajstić information content (AvgIpc) is 3.62. The van der Waals surface area contributed by atoms with Gasteiger partial charge in [0, 0.05) is 37.7 Å². The molecule has 2 fully saturated rings. The molecule has 1 unspecified atom stereocenters. The smallest absolute Gasteiger partial charge is 0.303 e. The third kappa shape index (κ3) is 6.73. The number of anilines is 1. The number of nitrogens with two attached hydrogens (primary N) is 1. The maximum atomic E-state index is 13.2. The molecule has 5 rings (SSSR count). The first-order valence-corrected chi connectivity index (χ1v) is 12.7. The van der Waals surface area contributed by atoms with Crippen molar-refractivity contribution in [2.45, 2.75) is 56.1 Å². The van der Waals surface area contributed by atoms with Crippen LogP contribution < -0.4 is 5.73 Å². The number of rotatable bonds is 6. The first-order chi connectivity index (χ1) is 17.8. The minimum Gasteiger partial charge on any atom is -0.456 e. The van der Waals surface area contributed by atoms with E-state index in [0.717, 1.165) is 18.1 Å². The Morgan fingerprint density at radius 2 is 1.76 bits per heavy atom. The molecule has 13 heteroatoms. The van der Waals surface area contributed by atoms with Crippen LogP contribution in [-0.4, -0.2) is 68.7 Å². The van der Waals surface area contributed by atoms with Crippen molar-refractivity contribution in [2.75, 3.05) is 24.7 Å². The van der Waals surface area contributed by atoms with Gasteiger partial charge in [-0.15, -0.1) is 11.8 Å². The van der Waals surface area contributed by atoms with E-state index in [4.69, 9.17) is 24.7 Å². The van der Waals surface area contributed by atoms with Gasteiger partial charge in [-0.2, -0.15) is 0 Å². The van der Waals surface area contributed by atoms with Crippen LogP contribution in [0.3, 0.4) is 0 Å². The van der Waals surface area contributed by atoms with Crippen molar-refractivity contribution in [3.8, 4) is 0 Å². The van der Waals surface area contributed by atoms with Crippen LogP contribution in [0.2, 0.25) is 0 Å². The molecule has 37 heavy (non-hydrogen) atoms. The van der Waals surface area contributed by atoms with Gasteiger partial charge in [-0.1, -0.05) is 0 Å². The molecule has 0 spiro atoms. The molecule has 0 bridgehead atoms. The number of fused-ring (bicyclic) bond motifs is 1. The molecule has 11 nitrogen and oxygen atoms in total. The van der Waals surface area contributed by atoms with Crippen LogP contribution in [0.15, 0.2) is 41.8 Å². The summed E-state index contributed by atoms with van der Waals surface area (Å²) < 4.78 is 36.9. The highest BCUT2D eigenvalue weighted by molar-refractivity contribution is 7.99. The second-order valence-corrected chi connectivity index (χ2v) is 9.47. The molecule has 4 atom stereocenters. The van der Waals surface area contributed by atoms with Gasteiger partial charge in [0.2, 0.25) is 0 Å². The van der Waals surface area contributed by atoms with E-state index in [1.165, 1.54) is 63.2 Å². The lowest BCUT2D eigenvalue weighted by molar-refractivity contribution is -0.165. The van der Waals surface area contributed by atoms with E-state index in [0.29, 0.717) is 16.9 Å². The largest absolute Gasteiger partial charge is 0.456 e. The first kappa shape index (κ1) is 26.8. The van der Waals surface area contributed by atoms with Gasteiger partial charge in [-0.3, -0.25) is 14.2 Å². The zero-order chi connectivity index (χ0) is 26.4. The number of ether oxygens (including phenoxy) is 4. The molecule has 2 saturated heterocycles. The minimum atomic E-state index is -0.955. The third-order valence-electron chi connectivity index (χ3n) is 5.61. The molecular formula is C24H28FN5O6S. The average molecular weight is 534 g/mol. The summed E-state index contributed by atoms with van der Waals surface area (Å²) >= 11 is 1.39. The number of carbonyl (C=O) groups is 2. The molecule has 1 aromatic carbocycles. The lowest BCUT2D eigenvalue weighted by Crippen LogP contribution is -2.39. The molecular weight excluding hydrogens is 505 g/mol. The highest BCUT2D eigenvalue weighted by atomic mass is 32.2. The Morgan fingerprint density at radius 3 is 2.38 bits per heavy atom. The molecule has 2 N–H and O–H groups in total. The molecule has 198 valence electrons. The van der Waals surface area contributed by atoms with Crippen molar-refractivity contribution in [3.05, 3.63) is 42.7 Å². The van der Waals surface area contributed by atoms with Crippen LogP contribution in [0.1, 0.15) is 32.9 Å². The number of nitrogen functional groups attached to an aromatic ring is 1. The minimum absolute atomic E-state index is 0.190. The molecule has 0 aliphatic carbocycles. The Balaban J connectivity index is 0.000000572. The Kier molecular flexibility index (Phi) is 8.90. The molecule has 4 heterocycles. The molecule has 0 radical (unpaired) electrons. The Hall–Kier alpha value is -3.29. The van der Waals surface area contributed by atoms with Gasteiger partial charge in [-0.25, -0.2) is 19.3 Å². The highest BCUT2D eigenvalue weighted by Crippen LogP contribution is 2.38. The Labute approximate surface area is 216 Å². The lowest BCUT2D eigenvalue weighted by atomic mass is 10.1. The van der Waals surface area contributed by atoms with E-state index in [1.54, 1.807) is 16.7 Å². The van der Waals surface area contributed by atoms with Crippen LogP contribution in [0.25, 0.3) is 11.2 Å². The molecule has 0 amide bonds. The van der Waals surface area contributed by atoms with E-state index >= 15 is 0 Å². The maximum Gasteiger partial charge on any atom is 0.303 e. The number of hydrogen-bond acceptors (Lipinski definition) is 11. The summed E-state index contributed by atoms with van der Waals surface area (Å²) in [6.07, 6.45) is 1.95. The fraction of sp³-hybridized carbons (Fsp3) is 0.458. The predicted octanol–water partition coefficient (Wildman–Crippen LogP) is 2.90. The van der Waals surface area contributed by atoms with Gasteiger partial charge in [0.25, 0.3) is 0 Å². The van der Waals surface area contributed by atoms with Crippen LogP contribution in [-0.2, 0) is 28.5 Å². The monoisotopic (exact) mass is 533 g/mol. The number of hydrogen-bond donors (Lipinski definition) is 1. The summed E-state index contributed by atoms with van der Waals surface area (Å²) in [5.74, 6) is -0.911. The fourth-order valence-electron chi connectivity index (χ4n) is 3.99. The van der Waals surface area contributed by atoms with E-state index < -0.39 is 36.5 Å². The number of aromatic nitrogens is 4. The number of carbonyl (C=O) groups excluding carboxylic acids is 2. The number of esters is 2. The van der Waals surface area contributed by atoms with Gasteiger partial charge < -0.3 is 24.7 Å². The van der Waals surface area contributed by atoms with Crippen molar-refractivity contribution < 1.29 is 32.9 Å². The highest BCUT2D eigenvalue weighted by Gasteiger charge is 2.50. The summed E-state index contributed by atoms with van der Waals surface area (Å²) in [6, 6.07) is 5.99. The molecule has 2 aromatic heterocycles. The van der Waals surface area contributed by atoms with E-state index in [-0.39, 0.29) is 11.6 Å². The SMILES string of the molecule is C1CCOC1.CC(=O)O[C@@H]1[C@H](OC(C)=O)C(CSc2ccc(F)cc2)O[C@H]1n1cnc2c(N)ncnc21. The second-order valence-electron chi connectivity index (χ2n) is 8.38. The summed E-state index contributed by atoms with van der Waals surface area (Å²) in [7, 11) is 0. The van der Waals surface area contributed by atoms with Crippen LogP contribution in [0, 0.1) is 5.82 Å². The molecule has 2 aliphatic rings. The number of thioether (sulfide) groups is 1. The fourth-order valence-corrected chi connectivity index (χ4v) is 4.95. The zero-order valence-corrected chi connectivity index (χ0v) is 21.2. The van der Waals surface area contributed by atoms with Crippen LogP contribution in [0.5, 0.6) is 0 Å². The number of benzene rings is 1. The second kappa shape index (κ2) is 12.3. The molecule has 0 saturated carbocycles. The van der Waals surface area contributed by atoms with Gasteiger partial charge in [0.05, 0.1) is 6.33 Å². The number of imidazole rings is 1. The van der Waals surface area contributed by atoms with Crippen molar-refractivity contribution in [3.63, 3.8) is 0 Å². The first-order valence-electron chi connectivity index (χ1n) is 11.7. The van der Waals surface area contributed by atoms with Crippen LogP contribution in [0.4, 0.5) is 10.2 Å². The van der Waals surface area contributed by atoms with Crippen molar-refractivity contribution in [1.82, 2.24) is 19.5 Å².